The number of nitrogens with one attached hydrogen (secondary N) is 1. The van der Waals surface area contributed by atoms with E-state index < -0.39 is 11.7 Å². The van der Waals surface area contributed by atoms with Crippen molar-refractivity contribution < 1.29 is 19.4 Å². The van der Waals surface area contributed by atoms with Gasteiger partial charge in [-0.2, -0.15) is 0 Å². The van der Waals surface area contributed by atoms with Crippen LogP contribution < -0.4 is 10.2 Å². The molecule has 0 unspecified atom stereocenters. The SMILES string of the molecule is CNC(=O)c1nnc(-c2cc(C(C)C)c(O)cc2O)n1-c1ccc(N2CCN(C)CC2)cc1F. The van der Waals surface area contributed by atoms with Gasteiger partial charge in [0.05, 0.1) is 11.3 Å². The summed E-state index contributed by atoms with van der Waals surface area (Å²) in [5.74, 6) is -1.50. The van der Waals surface area contributed by atoms with Gasteiger partial charge in [-0.3, -0.25) is 9.36 Å². The molecule has 0 saturated carbocycles. The summed E-state index contributed by atoms with van der Waals surface area (Å²) in [4.78, 5) is 16.9. The first-order chi connectivity index (χ1) is 16.2. The number of halogens is 1. The van der Waals surface area contributed by atoms with E-state index in [1.807, 2.05) is 13.8 Å². The Balaban J connectivity index is 1.85. The van der Waals surface area contributed by atoms with E-state index in [2.05, 4.69) is 32.4 Å². The smallest absolute Gasteiger partial charge is 0.289 e. The Kier molecular flexibility index (Phi) is 6.43. The van der Waals surface area contributed by atoms with Crippen LogP contribution in [0.5, 0.6) is 11.5 Å². The van der Waals surface area contributed by atoms with Crippen molar-refractivity contribution in [3.05, 3.63) is 47.5 Å². The molecule has 0 atom stereocenters. The lowest BCUT2D eigenvalue weighted by atomic mass is 9.98. The van der Waals surface area contributed by atoms with Crippen LogP contribution in [-0.4, -0.2) is 76.1 Å². The number of piperazine rings is 1. The molecule has 4 rings (SSSR count). The number of carbonyl (C=O) groups is 1. The number of rotatable bonds is 5. The number of likely N-dealkylation sites (N-methyl/N-ethyl adjacent to an activating group) is 1. The molecule has 180 valence electrons. The van der Waals surface area contributed by atoms with Crippen molar-refractivity contribution in [1.82, 2.24) is 25.0 Å². The van der Waals surface area contributed by atoms with E-state index in [1.54, 1.807) is 18.2 Å². The van der Waals surface area contributed by atoms with E-state index in [0.717, 1.165) is 31.9 Å². The van der Waals surface area contributed by atoms with Gasteiger partial charge < -0.3 is 25.3 Å². The molecule has 9 nitrogen and oxygen atoms in total. The summed E-state index contributed by atoms with van der Waals surface area (Å²) < 4.78 is 16.8. The van der Waals surface area contributed by atoms with Crippen LogP contribution in [0.15, 0.2) is 30.3 Å². The minimum atomic E-state index is -0.552. The normalized spacial score (nSPS) is 14.6. The molecule has 1 saturated heterocycles. The highest BCUT2D eigenvalue weighted by Gasteiger charge is 2.26. The number of hydrogen-bond donors (Lipinski definition) is 3. The van der Waals surface area contributed by atoms with Crippen LogP contribution in [0.3, 0.4) is 0 Å². The van der Waals surface area contributed by atoms with Gasteiger partial charge in [-0.05, 0) is 42.8 Å². The molecule has 1 aliphatic rings. The Hall–Kier alpha value is -3.66. The molecule has 1 aliphatic heterocycles. The van der Waals surface area contributed by atoms with E-state index in [4.69, 9.17) is 0 Å². The molecular formula is C24H29FN6O3. The number of anilines is 1. The largest absolute Gasteiger partial charge is 0.508 e. The third-order valence-electron chi connectivity index (χ3n) is 6.14. The minimum absolute atomic E-state index is 0.0475. The lowest BCUT2D eigenvalue weighted by Crippen LogP contribution is -2.44. The third kappa shape index (κ3) is 4.28. The maximum absolute atomic E-state index is 15.5. The Labute approximate surface area is 197 Å². The second-order valence-corrected chi connectivity index (χ2v) is 8.77. The number of aromatic nitrogens is 3. The van der Waals surface area contributed by atoms with Gasteiger partial charge in [-0.1, -0.05) is 13.8 Å². The van der Waals surface area contributed by atoms with Gasteiger partial charge in [0.1, 0.15) is 17.3 Å². The van der Waals surface area contributed by atoms with Crippen molar-refractivity contribution in [3.8, 4) is 28.6 Å². The van der Waals surface area contributed by atoms with Crippen molar-refractivity contribution in [2.24, 2.45) is 0 Å². The highest BCUT2D eigenvalue weighted by Crippen LogP contribution is 2.38. The highest BCUT2D eigenvalue weighted by molar-refractivity contribution is 5.92. The monoisotopic (exact) mass is 468 g/mol. The van der Waals surface area contributed by atoms with E-state index in [0.29, 0.717) is 5.56 Å². The molecule has 2 heterocycles. The molecule has 0 aliphatic carbocycles. The van der Waals surface area contributed by atoms with Crippen LogP contribution in [0.2, 0.25) is 0 Å². The number of benzene rings is 2. The van der Waals surface area contributed by atoms with Gasteiger partial charge in [0.2, 0.25) is 5.82 Å². The molecule has 34 heavy (non-hydrogen) atoms. The zero-order valence-corrected chi connectivity index (χ0v) is 19.7. The second-order valence-electron chi connectivity index (χ2n) is 8.77. The predicted molar refractivity (Wildman–Crippen MR) is 127 cm³/mol. The van der Waals surface area contributed by atoms with Crippen molar-refractivity contribution in [3.63, 3.8) is 0 Å². The lowest BCUT2D eigenvalue weighted by Gasteiger charge is -2.34. The zero-order valence-electron chi connectivity index (χ0n) is 19.7. The molecule has 1 fully saturated rings. The van der Waals surface area contributed by atoms with Gasteiger partial charge in [0.15, 0.2) is 5.82 Å². The van der Waals surface area contributed by atoms with Gasteiger partial charge in [0, 0.05) is 45.0 Å². The summed E-state index contributed by atoms with van der Waals surface area (Å²) in [5, 5.41) is 31.4. The second kappa shape index (κ2) is 9.30. The van der Waals surface area contributed by atoms with Crippen LogP contribution in [-0.2, 0) is 0 Å². The summed E-state index contributed by atoms with van der Waals surface area (Å²) in [6.45, 7) is 7.14. The van der Waals surface area contributed by atoms with Crippen LogP contribution in [0, 0.1) is 5.82 Å². The predicted octanol–water partition coefficient (Wildman–Crippen LogP) is 2.72. The molecule has 0 spiro atoms. The molecule has 0 bridgehead atoms. The molecule has 3 N–H and O–H groups in total. The first kappa shape index (κ1) is 23.5. The number of carbonyl (C=O) groups excluding carboxylic acids is 1. The van der Waals surface area contributed by atoms with E-state index in [1.165, 1.54) is 23.7 Å². The fourth-order valence-corrected chi connectivity index (χ4v) is 4.12. The maximum Gasteiger partial charge on any atom is 0.289 e. The average Bonchev–Trinajstić information content (AvgIpc) is 3.23. The number of aromatic hydroxyl groups is 2. The highest BCUT2D eigenvalue weighted by atomic mass is 19.1. The van der Waals surface area contributed by atoms with Gasteiger partial charge in [-0.15, -0.1) is 10.2 Å². The van der Waals surface area contributed by atoms with Crippen molar-refractivity contribution in [2.45, 2.75) is 19.8 Å². The average molecular weight is 469 g/mol. The minimum Gasteiger partial charge on any atom is -0.508 e. The molecule has 10 heteroatoms. The fourth-order valence-electron chi connectivity index (χ4n) is 4.12. The molecule has 1 aromatic heterocycles. The molecule has 0 radical (unpaired) electrons. The Morgan fingerprint density at radius 1 is 1.06 bits per heavy atom. The molecule has 1 amide bonds. The van der Waals surface area contributed by atoms with Gasteiger partial charge >= 0.3 is 0 Å². The quantitative estimate of drug-likeness (QED) is 0.529. The lowest BCUT2D eigenvalue weighted by molar-refractivity contribution is 0.0950. The first-order valence-corrected chi connectivity index (χ1v) is 11.2. The van der Waals surface area contributed by atoms with E-state index in [9.17, 15) is 15.0 Å². The topological polar surface area (TPSA) is 107 Å². The fraction of sp³-hybridized carbons (Fsp3) is 0.375. The summed E-state index contributed by atoms with van der Waals surface area (Å²) in [6, 6.07) is 7.63. The van der Waals surface area contributed by atoms with Crippen molar-refractivity contribution in [2.75, 3.05) is 45.2 Å². The Bertz CT molecular complexity index is 1220. The summed E-state index contributed by atoms with van der Waals surface area (Å²) >= 11 is 0. The van der Waals surface area contributed by atoms with Gasteiger partial charge in [0.25, 0.3) is 5.91 Å². The maximum atomic E-state index is 15.5. The molecule has 2 aromatic carbocycles. The van der Waals surface area contributed by atoms with Crippen LogP contribution in [0.1, 0.15) is 35.9 Å². The van der Waals surface area contributed by atoms with Crippen molar-refractivity contribution in [1.29, 1.82) is 0 Å². The van der Waals surface area contributed by atoms with Crippen LogP contribution in [0.25, 0.3) is 17.1 Å². The number of phenolic OH excluding ortho intramolecular Hbond substituents is 2. The Morgan fingerprint density at radius 2 is 1.76 bits per heavy atom. The molecular weight excluding hydrogens is 439 g/mol. The number of amides is 1. The van der Waals surface area contributed by atoms with E-state index in [-0.39, 0.29) is 40.3 Å². The Morgan fingerprint density at radius 3 is 2.38 bits per heavy atom. The number of hydrogen-bond acceptors (Lipinski definition) is 7. The van der Waals surface area contributed by atoms with Crippen LogP contribution in [0.4, 0.5) is 10.1 Å². The molecule has 3 aromatic rings. The zero-order chi connectivity index (χ0) is 24.6. The number of phenols is 2. The third-order valence-corrected chi connectivity index (χ3v) is 6.14. The van der Waals surface area contributed by atoms with Crippen LogP contribution >= 0.6 is 0 Å². The number of nitrogens with zero attached hydrogens (tertiary/aromatic N) is 5. The van der Waals surface area contributed by atoms with Gasteiger partial charge in [-0.25, -0.2) is 4.39 Å². The van der Waals surface area contributed by atoms with E-state index >= 15 is 4.39 Å². The first-order valence-electron chi connectivity index (χ1n) is 11.2. The van der Waals surface area contributed by atoms with Crippen molar-refractivity contribution >= 4 is 11.6 Å². The standard InChI is InChI=1S/C24H29FN6O3/c1-14(2)16-12-17(21(33)13-20(16)32)22-27-28-23(24(34)26-3)31(22)19-6-5-15(11-18(19)25)30-9-7-29(4)8-10-30/h5-6,11-14,32-33H,7-10H2,1-4H3,(H,26,34). The summed E-state index contributed by atoms with van der Waals surface area (Å²) in [6.07, 6.45) is 0. The summed E-state index contributed by atoms with van der Waals surface area (Å²) in [7, 11) is 3.50. The summed E-state index contributed by atoms with van der Waals surface area (Å²) in [5.41, 5.74) is 1.64.